The quantitative estimate of drug-likeness (QED) is 0.718. The maximum Gasteiger partial charge on any atom is 0.261 e. The molecule has 2 aromatic carbocycles. The number of amides is 1. The van der Waals surface area contributed by atoms with E-state index in [1.807, 2.05) is 0 Å². The summed E-state index contributed by atoms with van der Waals surface area (Å²) in [6, 6.07) is 11.9. The van der Waals surface area contributed by atoms with Crippen molar-refractivity contribution in [3.8, 4) is 5.75 Å². The first-order valence-corrected chi connectivity index (χ1v) is 7.59. The Bertz CT molecular complexity index is 1040. The van der Waals surface area contributed by atoms with E-state index in [1.54, 1.807) is 56.6 Å². The van der Waals surface area contributed by atoms with Gasteiger partial charge in [-0.25, -0.2) is 0 Å². The van der Waals surface area contributed by atoms with Gasteiger partial charge in [-0.2, -0.15) is 0 Å². The predicted molar refractivity (Wildman–Crippen MR) is 95.3 cm³/mol. The SMILES string of the molecule is COc1ccc(NC(=O)c2ccc3c(=O)n(C)c(=S)[nH]c3c2)cc1. The Labute approximate surface area is 142 Å². The number of carbonyl (C=O) groups is 1. The van der Waals surface area contributed by atoms with Gasteiger partial charge in [0.1, 0.15) is 5.75 Å². The highest BCUT2D eigenvalue weighted by atomic mass is 32.1. The number of aromatic amines is 1. The summed E-state index contributed by atoms with van der Waals surface area (Å²) in [7, 11) is 3.18. The normalized spacial score (nSPS) is 10.6. The minimum absolute atomic E-state index is 0.198. The number of carbonyl (C=O) groups excluding carboxylic acids is 1. The summed E-state index contributed by atoms with van der Waals surface area (Å²) in [5.41, 5.74) is 1.41. The van der Waals surface area contributed by atoms with Crippen molar-refractivity contribution < 1.29 is 9.53 Å². The van der Waals surface area contributed by atoms with Crippen LogP contribution in [0.2, 0.25) is 0 Å². The van der Waals surface area contributed by atoms with Gasteiger partial charge in [0, 0.05) is 18.3 Å². The molecule has 1 heterocycles. The van der Waals surface area contributed by atoms with Crippen LogP contribution in [0.3, 0.4) is 0 Å². The van der Waals surface area contributed by atoms with Gasteiger partial charge < -0.3 is 15.0 Å². The summed E-state index contributed by atoms with van der Waals surface area (Å²) in [6.07, 6.45) is 0. The summed E-state index contributed by atoms with van der Waals surface area (Å²) in [5, 5.41) is 3.28. The van der Waals surface area contributed by atoms with E-state index < -0.39 is 0 Å². The average Bonchev–Trinajstić information content (AvgIpc) is 2.60. The van der Waals surface area contributed by atoms with E-state index in [0.29, 0.717) is 32.7 Å². The number of fused-ring (bicyclic) bond motifs is 1. The molecule has 0 atom stereocenters. The number of methoxy groups -OCH3 is 1. The van der Waals surface area contributed by atoms with Crippen LogP contribution in [0.1, 0.15) is 10.4 Å². The molecule has 0 radical (unpaired) electrons. The zero-order valence-corrected chi connectivity index (χ0v) is 13.9. The summed E-state index contributed by atoms with van der Waals surface area (Å²) in [6.45, 7) is 0. The van der Waals surface area contributed by atoms with Crippen LogP contribution < -0.4 is 15.6 Å². The van der Waals surface area contributed by atoms with E-state index >= 15 is 0 Å². The highest BCUT2D eigenvalue weighted by molar-refractivity contribution is 7.71. The Morgan fingerprint density at radius 2 is 1.92 bits per heavy atom. The molecule has 122 valence electrons. The monoisotopic (exact) mass is 341 g/mol. The highest BCUT2D eigenvalue weighted by Gasteiger charge is 2.10. The maximum atomic E-state index is 12.4. The van der Waals surface area contributed by atoms with Crippen molar-refractivity contribution in [2.24, 2.45) is 7.05 Å². The third-order valence-corrected chi connectivity index (χ3v) is 4.09. The van der Waals surface area contributed by atoms with Crippen LogP contribution in [0.15, 0.2) is 47.3 Å². The molecule has 6 nitrogen and oxygen atoms in total. The molecule has 7 heteroatoms. The van der Waals surface area contributed by atoms with E-state index in [-0.39, 0.29) is 11.5 Å². The minimum Gasteiger partial charge on any atom is -0.497 e. The average molecular weight is 341 g/mol. The van der Waals surface area contributed by atoms with E-state index in [4.69, 9.17) is 17.0 Å². The lowest BCUT2D eigenvalue weighted by Crippen LogP contribution is -2.19. The van der Waals surface area contributed by atoms with Crippen molar-refractivity contribution in [1.29, 1.82) is 0 Å². The number of anilines is 1. The van der Waals surface area contributed by atoms with Crippen molar-refractivity contribution in [1.82, 2.24) is 9.55 Å². The molecule has 0 spiro atoms. The van der Waals surface area contributed by atoms with Gasteiger partial charge in [-0.15, -0.1) is 0 Å². The Morgan fingerprint density at radius 3 is 2.58 bits per heavy atom. The first-order chi connectivity index (χ1) is 11.5. The van der Waals surface area contributed by atoms with E-state index in [9.17, 15) is 9.59 Å². The number of hydrogen-bond donors (Lipinski definition) is 2. The third kappa shape index (κ3) is 2.93. The molecule has 0 saturated heterocycles. The maximum absolute atomic E-state index is 12.4. The molecule has 24 heavy (non-hydrogen) atoms. The van der Waals surface area contributed by atoms with Gasteiger partial charge in [-0.1, -0.05) is 0 Å². The van der Waals surface area contributed by atoms with Crippen molar-refractivity contribution in [3.05, 3.63) is 63.2 Å². The van der Waals surface area contributed by atoms with Crippen LogP contribution in [0.25, 0.3) is 10.9 Å². The van der Waals surface area contributed by atoms with Crippen molar-refractivity contribution in [2.45, 2.75) is 0 Å². The zero-order chi connectivity index (χ0) is 17.3. The summed E-state index contributed by atoms with van der Waals surface area (Å²) >= 11 is 5.10. The second kappa shape index (κ2) is 6.29. The van der Waals surface area contributed by atoms with Crippen LogP contribution >= 0.6 is 12.2 Å². The second-order valence-electron chi connectivity index (χ2n) is 5.24. The number of H-pyrrole nitrogens is 1. The summed E-state index contributed by atoms with van der Waals surface area (Å²) < 4.78 is 6.74. The van der Waals surface area contributed by atoms with E-state index in [1.165, 1.54) is 4.57 Å². The number of rotatable bonds is 3. The molecule has 0 bridgehead atoms. The van der Waals surface area contributed by atoms with E-state index in [2.05, 4.69) is 10.3 Å². The van der Waals surface area contributed by atoms with Crippen LogP contribution in [-0.4, -0.2) is 22.6 Å². The van der Waals surface area contributed by atoms with Gasteiger partial charge in [0.15, 0.2) is 4.77 Å². The topological polar surface area (TPSA) is 76.1 Å². The zero-order valence-electron chi connectivity index (χ0n) is 13.1. The van der Waals surface area contributed by atoms with Crippen molar-refractivity contribution in [2.75, 3.05) is 12.4 Å². The van der Waals surface area contributed by atoms with Gasteiger partial charge in [-0.05, 0) is 54.7 Å². The highest BCUT2D eigenvalue weighted by Crippen LogP contribution is 2.17. The van der Waals surface area contributed by atoms with Gasteiger partial charge in [0.25, 0.3) is 11.5 Å². The molecule has 3 rings (SSSR count). The fourth-order valence-corrected chi connectivity index (χ4v) is 2.52. The molecule has 1 aromatic heterocycles. The Kier molecular flexibility index (Phi) is 4.18. The van der Waals surface area contributed by atoms with Crippen LogP contribution in [-0.2, 0) is 7.05 Å². The Morgan fingerprint density at radius 1 is 1.21 bits per heavy atom. The molecule has 0 aliphatic rings. The van der Waals surface area contributed by atoms with Gasteiger partial charge in [0.2, 0.25) is 0 Å². The molecule has 0 aliphatic carbocycles. The fraction of sp³-hybridized carbons (Fsp3) is 0.118. The molecular formula is C17H15N3O3S. The molecule has 0 unspecified atom stereocenters. The van der Waals surface area contributed by atoms with Crippen molar-refractivity contribution >= 4 is 34.7 Å². The largest absolute Gasteiger partial charge is 0.497 e. The number of nitrogens with zero attached hydrogens (tertiary/aromatic N) is 1. The standard InChI is InChI=1S/C17H15N3O3S/c1-20-16(22)13-8-3-10(9-14(13)19-17(20)24)15(21)18-11-4-6-12(23-2)7-5-11/h3-9H,1-2H3,(H,18,21)(H,19,24). The molecule has 0 fully saturated rings. The van der Waals surface area contributed by atoms with Gasteiger partial charge in [0.05, 0.1) is 18.0 Å². The lowest BCUT2D eigenvalue weighted by Gasteiger charge is -2.08. The predicted octanol–water partition coefficient (Wildman–Crippen LogP) is 2.86. The Balaban J connectivity index is 1.93. The lowest BCUT2D eigenvalue weighted by molar-refractivity contribution is 0.102. The fourth-order valence-electron chi connectivity index (χ4n) is 2.32. The summed E-state index contributed by atoms with van der Waals surface area (Å²) in [5.74, 6) is 0.434. The molecule has 0 aliphatic heterocycles. The van der Waals surface area contributed by atoms with Crippen LogP contribution in [0.5, 0.6) is 5.75 Å². The minimum atomic E-state index is -0.276. The van der Waals surface area contributed by atoms with Crippen LogP contribution in [0, 0.1) is 4.77 Å². The number of nitrogens with one attached hydrogen (secondary N) is 2. The van der Waals surface area contributed by atoms with Crippen LogP contribution in [0.4, 0.5) is 5.69 Å². The molecule has 2 N–H and O–H groups in total. The van der Waals surface area contributed by atoms with Gasteiger partial charge >= 0.3 is 0 Å². The number of aromatic nitrogens is 2. The summed E-state index contributed by atoms with van der Waals surface area (Å²) in [4.78, 5) is 27.5. The molecular weight excluding hydrogens is 326 g/mol. The van der Waals surface area contributed by atoms with Crippen molar-refractivity contribution in [3.63, 3.8) is 0 Å². The second-order valence-corrected chi connectivity index (χ2v) is 5.62. The molecule has 3 aromatic rings. The smallest absolute Gasteiger partial charge is 0.261 e. The number of hydrogen-bond acceptors (Lipinski definition) is 4. The third-order valence-electron chi connectivity index (χ3n) is 3.71. The van der Waals surface area contributed by atoms with Gasteiger partial charge in [-0.3, -0.25) is 14.2 Å². The van der Waals surface area contributed by atoms with E-state index in [0.717, 1.165) is 0 Å². The lowest BCUT2D eigenvalue weighted by atomic mass is 10.1. The first kappa shape index (κ1) is 15.9. The molecule has 0 saturated carbocycles. The molecule has 1 amide bonds. The number of benzene rings is 2. The number of ether oxygens (including phenoxy) is 1. The Hall–Kier alpha value is -2.93. The first-order valence-electron chi connectivity index (χ1n) is 7.18.